The van der Waals surface area contributed by atoms with E-state index in [9.17, 15) is 9.59 Å². The lowest BCUT2D eigenvalue weighted by atomic mass is 10.0. The molecule has 8 heteroatoms. The predicted octanol–water partition coefficient (Wildman–Crippen LogP) is 1.73. The first kappa shape index (κ1) is 20.4. The zero-order chi connectivity index (χ0) is 20.9. The fraction of sp³-hybridized carbons (Fsp3) is 0.500. The minimum atomic E-state index is -0.0912. The van der Waals surface area contributed by atoms with Gasteiger partial charge in [0.05, 0.1) is 19.8 Å². The number of hydrogen-bond acceptors (Lipinski definition) is 5. The van der Waals surface area contributed by atoms with E-state index < -0.39 is 0 Å². The summed E-state index contributed by atoms with van der Waals surface area (Å²) >= 11 is 0. The van der Waals surface area contributed by atoms with Crippen LogP contribution in [0.4, 0.5) is 0 Å². The van der Waals surface area contributed by atoms with Crippen LogP contribution >= 0.6 is 0 Å². The lowest BCUT2D eigenvalue weighted by molar-refractivity contribution is -0.135. The number of carbonyl (C=O) groups excluding carboxylic acids is 2. The second-order valence-corrected chi connectivity index (χ2v) is 7.57. The summed E-state index contributed by atoms with van der Waals surface area (Å²) in [5.41, 5.74) is 2.49. The summed E-state index contributed by atoms with van der Waals surface area (Å²) in [6, 6.07) is 7.76. The number of benzene rings is 1. The van der Waals surface area contributed by atoms with Crippen LogP contribution in [0, 0.1) is 0 Å². The monoisotopic (exact) mass is 412 g/mol. The maximum atomic E-state index is 12.9. The summed E-state index contributed by atoms with van der Waals surface area (Å²) in [4.78, 5) is 29.0. The molecule has 0 radical (unpaired) electrons. The van der Waals surface area contributed by atoms with Gasteiger partial charge in [-0.25, -0.2) is 0 Å². The molecule has 2 amide bonds. The minimum absolute atomic E-state index is 0.0912. The van der Waals surface area contributed by atoms with Gasteiger partial charge in [-0.05, 0) is 31.0 Å². The highest BCUT2D eigenvalue weighted by Gasteiger charge is 2.23. The number of nitrogens with zero attached hydrogens (tertiary/aromatic N) is 4. The van der Waals surface area contributed by atoms with Crippen LogP contribution in [0.25, 0.3) is 0 Å². The zero-order valence-corrected chi connectivity index (χ0v) is 17.4. The SMILES string of the molecule is CCn1ccc(C(=O)N2CCOc3ccc(CCC(=O)N4CCOCC4)cc3C2)n1. The van der Waals surface area contributed by atoms with Gasteiger partial charge in [0.1, 0.15) is 18.1 Å². The molecule has 30 heavy (non-hydrogen) atoms. The Hall–Kier alpha value is -2.87. The summed E-state index contributed by atoms with van der Waals surface area (Å²) in [7, 11) is 0. The van der Waals surface area contributed by atoms with Gasteiger partial charge in [-0.2, -0.15) is 5.10 Å². The van der Waals surface area contributed by atoms with Crippen molar-refractivity contribution >= 4 is 11.8 Å². The average Bonchev–Trinajstić information content (AvgIpc) is 3.17. The molecule has 2 aliphatic rings. The van der Waals surface area contributed by atoms with E-state index in [1.807, 2.05) is 30.2 Å². The van der Waals surface area contributed by atoms with Crippen LogP contribution in [-0.4, -0.2) is 70.8 Å². The second-order valence-electron chi connectivity index (χ2n) is 7.57. The number of carbonyl (C=O) groups is 2. The van der Waals surface area contributed by atoms with E-state index in [2.05, 4.69) is 11.2 Å². The third-order valence-electron chi connectivity index (χ3n) is 5.57. The third kappa shape index (κ3) is 4.64. The molecule has 1 saturated heterocycles. The van der Waals surface area contributed by atoms with Gasteiger partial charge in [0.2, 0.25) is 5.91 Å². The number of morpholine rings is 1. The molecule has 0 saturated carbocycles. The minimum Gasteiger partial charge on any atom is -0.491 e. The Labute approximate surface area is 176 Å². The van der Waals surface area contributed by atoms with Crippen LogP contribution in [-0.2, 0) is 29.0 Å². The third-order valence-corrected chi connectivity index (χ3v) is 5.57. The molecule has 0 aliphatic carbocycles. The van der Waals surface area contributed by atoms with Gasteiger partial charge in [0, 0.05) is 44.4 Å². The van der Waals surface area contributed by atoms with Gasteiger partial charge < -0.3 is 19.3 Å². The van der Waals surface area contributed by atoms with Gasteiger partial charge >= 0.3 is 0 Å². The topological polar surface area (TPSA) is 76.9 Å². The number of amides is 2. The van der Waals surface area contributed by atoms with Gasteiger partial charge in [0.15, 0.2) is 0 Å². The molecule has 0 spiro atoms. The number of aryl methyl sites for hydroxylation is 2. The molecule has 8 nitrogen and oxygen atoms in total. The average molecular weight is 412 g/mol. The molecule has 0 unspecified atom stereocenters. The number of rotatable bonds is 5. The van der Waals surface area contributed by atoms with E-state index in [-0.39, 0.29) is 11.8 Å². The van der Waals surface area contributed by atoms with Crippen LogP contribution in [0.5, 0.6) is 5.75 Å². The van der Waals surface area contributed by atoms with E-state index in [1.165, 1.54) is 0 Å². The fourth-order valence-corrected chi connectivity index (χ4v) is 3.81. The van der Waals surface area contributed by atoms with Gasteiger partial charge in [-0.3, -0.25) is 14.3 Å². The molecule has 1 aromatic heterocycles. The second kappa shape index (κ2) is 9.30. The van der Waals surface area contributed by atoms with Crippen molar-refractivity contribution in [2.75, 3.05) is 39.5 Å². The molecule has 0 bridgehead atoms. The first-order valence-corrected chi connectivity index (χ1v) is 10.6. The summed E-state index contributed by atoms with van der Waals surface area (Å²) in [5, 5.41) is 4.33. The Morgan fingerprint density at radius 2 is 1.87 bits per heavy atom. The molecule has 3 heterocycles. The molecule has 0 atom stereocenters. The maximum Gasteiger partial charge on any atom is 0.274 e. The van der Waals surface area contributed by atoms with Crippen molar-refractivity contribution in [2.24, 2.45) is 0 Å². The quantitative estimate of drug-likeness (QED) is 0.748. The van der Waals surface area contributed by atoms with Crippen molar-refractivity contribution < 1.29 is 19.1 Å². The number of ether oxygens (including phenoxy) is 2. The van der Waals surface area contributed by atoms with Crippen LogP contribution in [0.15, 0.2) is 30.5 Å². The predicted molar refractivity (Wildman–Crippen MR) is 110 cm³/mol. The molecule has 1 fully saturated rings. The van der Waals surface area contributed by atoms with Crippen LogP contribution < -0.4 is 4.74 Å². The van der Waals surface area contributed by atoms with Crippen molar-refractivity contribution in [3.63, 3.8) is 0 Å². The molecular formula is C22H28N4O4. The Morgan fingerprint density at radius 1 is 1.07 bits per heavy atom. The Balaban J connectivity index is 1.42. The van der Waals surface area contributed by atoms with Crippen LogP contribution in [0.2, 0.25) is 0 Å². The first-order chi connectivity index (χ1) is 14.6. The Morgan fingerprint density at radius 3 is 2.63 bits per heavy atom. The molecular weight excluding hydrogens is 384 g/mol. The highest BCUT2D eigenvalue weighted by atomic mass is 16.5. The zero-order valence-electron chi connectivity index (χ0n) is 17.4. The summed E-state index contributed by atoms with van der Waals surface area (Å²) < 4.78 is 12.9. The van der Waals surface area contributed by atoms with Crippen molar-refractivity contribution in [3.8, 4) is 5.75 Å². The van der Waals surface area contributed by atoms with Crippen molar-refractivity contribution in [3.05, 3.63) is 47.3 Å². The first-order valence-electron chi connectivity index (χ1n) is 10.6. The molecule has 1 aromatic carbocycles. The van der Waals surface area contributed by atoms with E-state index in [4.69, 9.17) is 9.47 Å². The van der Waals surface area contributed by atoms with E-state index >= 15 is 0 Å². The van der Waals surface area contributed by atoms with E-state index in [0.29, 0.717) is 64.5 Å². The molecule has 2 aromatic rings. The van der Waals surface area contributed by atoms with Gasteiger partial charge in [0.25, 0.3) is 5.91 Å². The maximum absolute atomic E-state index is 12.9. The smallest absolute Gasteiger partial charge is 0.274 e. The number of hydrogen-bond donors (Lipinski definition) is 0. The summed E-state index contributed by atoms with van der Waals surface area (Å²) in [6.07, 6.45) is 2.95. The van der Waals surface area contributed by atoms with Crippen LogP contribution in [0.3, 0.4) is 0 Å². The van der Waals surface area contributed by atoms with Crippen molar-refractivity contribution in [2.45, 2.75) is 32.9 Å². The molecule has 2 aliphatic heterocycles. The summed E-state index contributed by atoms with van der Waals surface area (Å²) in [6.45, 7) is 6.71. The molecule has 4 rings (SSSR count). The number of aromatic nitrogens is 2. The van der Waals surface area contributed by atoms with Crippen molar-refractivity contribution in [1.82, 2.24) is 19.6 Å². The highest BCUT2D eigenvalue weighted by molar-refractivity contribution is 5.92. The largest absolute Gasteiger partial charge is 0.491 e. The lowest BCUT2D eigenvalue weighted by Gasteiger charge is -2.26. The normalized spacial score (nSPS) is 16.6. The van der Waals surface area contributed by atoms with E-state index in [0.717, 1.165) is 23.4 Å². The molecule has 160 valence electrons. The van der Waals surface area contributed by atoms with Gasteiger partial charge in [-0.1, -0.05) is 12.1 Å². The van der Waals surface area contributed by atoms with E-state index in [1.54, 1.807) is 15.6 Å². The standard InChI is InChI=1S/C22H28N4O4/c1-2-26-8-7-19(23-26)22(28)25-11-14-30-20-5-3-17(15-18(20)16-25)4-6-21(27)24-9-12-29-13-10-24/h3,5,7-8,15H,2,4,6,9-14,16H2,1H3. The number of fused-ring (bicyclic) bond motifs is 1. The van der Waals surface area contributed by atoms with Crippen LogP contribution in [0.1, 0.15) is 35.0 Å². The highest BCUT2D eigenvalue weighted by Crippen LogP contribution is 2.26. The molecule has 0 N–H and O–H groups in total. The summed E-state index contributed by atoms with van der Waals surface area (Å²) in [5.74, 6) is 0.868. The van der Waals surface area contributed by atoms with Crippen molar-refractivity contribution in [1.29, 1.82) is 0 Å². The Bertz CT molecular complexity index is 904. The van der Waals surface area contributed by atoms with Gasteiger partial charge in [-0.15, -0.1) is 0 Å². The Kier molecular flexibility index (Phi) is 6.32. The fourth-order valence-electron chi connectivity index (χ4n) is 3.81. The lowest BCUT2D eigenvalue weighted by Crippen LogP contribution is -2.40.